The summed E-state index contributed by atoms with van der Waals surface area (Å²) in [6.45, 7) is 3.54. The summed E-state index contributed by atoms with van der Waals surface area (Å²) in [7, 11) is 0. The molecule has 0 aromatic carbocycles. The molecule has 0 aromatic heterocycles. The summed E-state index contributed by atoms with van der Waals surface area (Å²) in [5, 5.41) is 11.9. The lowest BCUT2D eigenvalue weighted by atomic mass is 9.84. The van der Waals surface area contributed by atoms with E-state index >= 15 is 0 Å². The van der Waals surface area contributed by atoms with Gasteiger partial charge in [-0.2, -0.15) is 0 Å². The van der Waals surface area contributed by atoms with Gasteiger partial charge in [0, 0.05) is 18.0 Å². The van der Waals surface area contributed by atoms with Crippen LogP contribution in [0.3, 0.4) is 0 Å². The summed E-state index contributed by atoms with van der Waals surface area (Å²) in [5.41, 5.74) is 5.66. The van der Waals surface area contributed by atoms with Gasteiger partial charge in [0.15, 0.2) is 0 Å². The fourth-order valence-electron chi connectivity index (χ4n) is 2.15. The SMILES string of the molecule is CC(N)C(C)C(=O)NC1CCCCC1C(=O)O. The van der Waals surface area contributed by atoms with E-state index in [0.717, 1.165) is 19.3 Å². The topological polar surface area (TPSA) is 92.4 Å². The van der Waals surface area contributed by atoms with Gasteiger partial charge in [-0.3, -0.25) is 9.59 Å². The Hall–Kier alpha value is -1.10. The lowest BCUT2D eigenvalue weighted by Crippen LogP contribution is -2.49. The van der Waals surface area contributed by atoms with E-state index in [4.69, 9.17) is 10.8 Å². The number of carboxylic acids is 1. The molecule has 0 aromatic rings. The van der Waals surface area contributed by atoms with Crippen molar-refractivity contribution in [2.45, 2.75) is 51.6 Å². The maximum Gasteiger partial charge on any atom is 0.308 e. The molecule has 4 unspecified atom stereocenters. The molecule has 1 saturated carbocycles. The van der Waals surface area contributed by atoms with Gasteiger partial charge in [-0.05, 0) is 19.8 Å². The first-order valence-corrected chi connectivity index (χ1v) is 6.22. The molecule has 0 radical (unpaired) electrons. The van der Waals surface area contributed by atoms with Crippen molar-refractivity contribution in [1.82, 2.24) is 5.32 Å². The molecule has 1 rings (SSSR count). The number of hydrogen-bond donors (Lipinski definition) is 3. The number of amides is 1. The van der Waals surface area contributed by atoms with Gasteiger partial charge in [0.2, 0.25) is 5.91 Å². The third-order valence-corrected chi connectivity index (χ3v) is 3.61. The second-order valence-corrected chi connectivity index (χ2v) is 4.99. The highest BCUT2D eigenvalue weighted by Gasteiger charge is 2.32. The van der Waals surface area contributed by atoms with Crippen molar-refractivity contribution in [3.8, 4) is 0 Å². The Morgan fingerprint density at radius 3 is 2.41 bits per heavy atom. The summed E-state index contributed by atoms with van der Waals surface area (Å²) < 4.78 is 0. The highest BCUT2D eigenvalue weighted by molar-refractivity contribution is 5.80. The molecule has 4 N–H and O–H groups in total. The van der Waals surface area contributed by atoms with Gasteiger partial charge in [0.25, 0.3) is 0 Å². The zero-order valence-electron chi connectivity index (χ0n) is 10.5. The first-order chi connectivity index (χ1) is 7.93. The number of nitrogens with two attached hydrogens (primary N) is 1. The predicted octanol–water partition coefficient (Wildman–Crippen LogP) is 0.729. The average Bonchev–Trinajstić information content (AvgIpc) is 2.28. The molecular weight excluding hydrogens is 220 g/mol. The molecule has 0 aliphatic heterocycles. The van der Waals surface area contributed by atoms with Crippen LogP contribution in [-0.2, 0) is 9.59 Å². The van der Waals surface area contributed by atoms with E-state index in [9.17, 15) is 9.59 Å². The summed E-state index contributed by atoms with van der Waals surface area (Å²) in [5.74, 6) is -1.69. The average molecular weight is 242 g/mol. The second kappa shape index (κ2) is 6.00. The van der Waals surface area contributed by atoms with Crippen molar-refractivity contribution in [3.63, 3.8) is 0 Å². The van der Waals surface area contributed by atoms with Crippen LogP contribution in [0.2, 0.25) is 0 Å². The first-order valence-electron chi connectivity index (χ1n) is 6.22. The third-order valence-electron chi connectivity index (χ3n) is 3.61. The Morgan fingerprint density at radius 1 is 1.29 bits per heavy atom. The van der Waals surface area contributed by atoms with Crippen LogP contribution >= 0.6 is 0 Å². The van der Waals surface area contributed by atoms with Gasteiger partial charge in [-0.1, -0.05) is 19.8 Å². The number of carbonyl (C=O) groups is 2. The van der Waals surface area contributed by atoms with E-state index in [0.29, 0.717) is 6.42 Å². The Balaban J connectivity index is 2.59. The molecule has 1 aliphatic rings. The Morgan fingerprint density at radius 2 is 1.88 bits per heavy atom. The maximum absolute atomic E-state index is 11.8. The molecular formula is C12H22N2O3. The molecule has 5 nitrogen and oxygen atoms in total. The summed E-state index contributed by atoms with van der Waals surface area (Å²) >= 11 is 0. The Labute approximate surface area is 102 Å². The number of hydrogen-bond acceptors (Lipinski definition) is 3. The van der Waals surface area contributed by atoms with Crippen molar-refractivity contribution in [3.05, 3.63) is 0 Å². The molecule has 1 fully saturated rings. The standard InChI is InChI=1S/C12H22N2O3/c1-7(8(2)13)11(15)14-10-6-4-3-5-9(10)12(16)17/h7-10H,3-6,13H2,1-2H3,(H,14,15)(H,16,17). The molecule has 17 heavy (non-hydrogen) atoms. The largest absolute Gasteiger partial charge is 0.481 e. The molecule has 0 spiro atoms. The van der Waals surface area contributed by atoms with Gasteiger partial charge in [-0.25, -0.2) is 0 Å². The number of carboxylic acid groups (broad SMARTS) is 1. The van der Waals surface area contributed by atoms with Crippen molar-refractivity contribution >= 4 is 11.9 Å². The molecule has 1 amide bonds. The van der Waals surface area contributed by atoms with E-state index in [1.54, 1.807) is 13.8 Å². The second-order valence-electron chi connectivity index (χ2n) is 4.99. The zero-order valence-corrected chi connectivity index (χ0v) is 10.5. The number of rotatable bonds is 4. The van der Waals surface area contributed by atoms with Crippen LogP contribution in [0.4, 0.5) is 0 Å². The van der Waals surface area contributed by atoms with Crippen molar-refractivity contribution in [2.24, 2.45) is 17.6 Å². The van der Waals surface area contributed by atoms with Crippen LogP contribution in [0.25, 0.3) is 0 Å². The highest BCUT2D eigenvalue weighted by Crippen LogP contribution is 2.25. The maximum atomic E-state index is 11.8. The van der Waals surface area contributed by atoms with Crippen LogP contribution in [-0.4, -0.2) is 29.1 Å². The lowest BCUT2D eigenvalue weighted by molar-refractivity contribution is -0.144. The lowest BCUT2D eigenvalue weighted by Gasteiger charge is -2.30. The molecule has 0 heterocycles. The predicted molar refractivity (Wildman–Crippen MR) is 64.3 cm³/mol. The quantitative estimate of drug-likeness (QED) is 0.677. The highest BCUT2D eigenvalue weighted by atomic mass is 16.4. The van der Waals surface area contributed by atoms with Crippen LogP contribution in [0, 0.1) is 11.8 Å². The minimum absolute atomic E-state index is 0.141. The zero-order chi connectivity index (χ0) is 13.0. The Bertz CT molecular complexity index is 291. The summed E-state index contributed by atoms with van der Waals surface area (Å²) in [6, 6.07) is -0.461. The minimum atomic E-state index is -0.816. The smallest absolute Gasteiger partial charge is 0.308 e. The minimum Gasteiger partial charge on any atom is -0.481 e. The van der Waals surface area contributed by atoms with Gasteiger partial charge in [0.05, 0.1) is 5.92 Å². The van der Waals surface area contributed by atoms with Crippen LogP contribution in [0.1, 0.15) is 39.5 Å². The fraction of sp³-hybridized carbons (Fsp3) is 0.833. The van der Waals surface area contributed by atoms with E-state index in [1.165, 1.54) is 0 Å². The number of nitrogens with one attached hydrogen (secondary N) is 1. The molecule has 0 bridgehead atoms. The van der Waals surface area contributed by atoms with Gasteiger partial charge in [-0.15, -0.1) is 0 Å². The van der Waals surface area contributed by atoms with Crippen LogP contribution in [0.15, 0.2) is 0 Å². The Kier molecular flexibility index (Phi) is 4.93. The molecule has 0 saturated heterocycles. The third kappa shape index (κ3) is 3.70. The molecule has 5 heteroatoms. The summed E-state index contributed by atoms with van der Waals surface area (Å²) in [4.78, 5) is 22.9. The molecule has 1 aliphatic carbocycles. The van der Waals surface area contributed by atoms with Gasteiger partial charge < -0.3 is 16.2 Å². The molecule has 4 atom stereocenters. The van der Waals surface area contributed by atoms with E-state index in [-0.39, 0.29) is 23.9 Å². The number of carbonyl (C=O) groups excluding carboxylic acids is 1. The monoisotopic (exact) mass is 242 g/mol. The fourth-order valence-corrected chi connectivity index (χ4v) is 2.15. The van der Waals surface area contributed by atoms with Crippen molar-refractivity contribution < 1.29 is 14.7 Å². The summed E-state index contributed by atoms with van der Waals surface area (Å²) in [6.07, 6.45) is 3.29. The van der Waals surface area contributed by atoms with E-state index in [2.05, 4.69) is 5.32 Å². The van der Waals surface area contributed by atoms with E-state index < -0.39 is 11.9 Å². The van der Waals surface area contributed by atoms with Crippen molar-refractivity contribution in [2.75, 3.05) is 0 Å². The van der Waals surface area contributed by atoms with E-state index in [1.807, 2.05) is 0 Å². The van der Waals surface area contributed by atoms with Crippen molar-refractivity contribution in [1.29, 1.82) is 0 Å². The normalized spacial score (nSPS) is 28.2. The van der Waals surface area contributed by atoms with Crippen LogP contribution < -0.4 is 11.1 Å². The van der Waals surface area contributed by atoms with Gasteiger partial charge >= 0.3 is 5.97 Å². The first kappa shape index (κ1) is 14.0. The number of aliphatic carboxylic acids is 1. The van der Waals surface area contributed by atoms with Crippen LogP contribution in [0.5, 0.6) is 0 Å². The van der Waals surface area contributed by atoms with Gasteiger partial charge in [0.1, 0.15) is 0 Å². The molecule has 98 valence electrons.